The molecule has 1 unspecified atom stereocenters. The number of hydrogen-bond donors (Lipinski definition) is 1. The number of benzene rings is 3. The zero-order valence-electron chi connectivity index (χ0n) is 19.5. The lowest BCUT2D eigenvalue weighted by molar-refractivity contribution is -0.132. The van der Waals surface area contributed by atoms with Gasteiger partial charge in [-0.15, -0.1) is 0 Å². The maximum Gasteiger partial charge on any atom is 0.300 e. The van der Waals surface area contributed by atoms with Crippen molar-refractivity contribution in [2.24, 2.45) is 0 Å². The number of ketones is 1. The summed E-state index contributed by atoms with van der Waals surface area (Å²) in [5.41, 5.74) is 5.14. The summed E-state index contributed by atoms with van der Waals surface area (Å²) in [5, 5.41) is 11.4. The quantitative estimate of drug-likeness (QED) is 0.314. The summed E-state index contributed by atoms with van der Waals surface area (Å²) in [5.74, 6) is -0.359. The van der Waals surface area contributed by atoms with E-state index < -0.39 is 17.7 Å². The van der Waals surface area contributed by atoms with Crippen LogP contribution >= 0.6 is 0 Å². The van der Waals surface area contributed by atoms with Gasteiger partial charge < -0.3 is 9.84 Å². The van der Waals surface area contributed by atoms with Crippen LogP contribution in [0.1, 0.15) is 53.6 Å². The number of Topliss-reactive ketones (excluding diaryl/α,β-unsaturated/α-hetero) is 1. The molecule has 5 rings (SSSR count). The molecule has 0 saturated carbocycles. The molecule has 5 nitrogen and oxygen atoms in total. The minimum atomic E-state index is -0.727. The lowest BCUT2D eigenvalue weighted by Gasteiger charge is -2.26. The van der Waals surface area contributed by atoms with Gasteiger partial charge >= 0.3 is 0 Å². The number of hydrogen-bond acceptors (Lipinski definition) is 4. The Morgan fingerprint density at radius 3 is 2.50 bits per heavy atom. The number of aryl methyl sites for hydroxylation is 1. The molecule has 2 aliphatic heterocycles. The van der Waals surface area contributed by atoms with Gasteiger partial charge in [0.1, 0.15) is 11.5 Å². The van der Waals surface area contributed by atoms with Crippen LogP contribution in [0.2, 0.25) is 0 Å². The van der Waals surface area contributed by atoms with Gasteiger partial charge in [0.25, 0.3) is 11.7 Å². The summed E-state index contributed by atoms with van der Waals surface area (Å²) in [6, 6.07) is 20.1. The second-order valence-corrected chi connectivity index (χ2v) is 9.25. The molecule has 1 fully saturated rings. The minimum absolute atomic E-state index is 0.0994. The number of amides is 1. The average molecular weight is 454 g/mol. The van der Waals surface area contributed by atoms with Crippen LogP contribution in [0.25, 0.3) is 5.76 Å². The predicted molar refractivity (Wildman–Crippen MR) is 132 cm³/mol. The van der Waals surface area contributed by atoms with E-state index in [1.165, 1.54) is 4.90 Å². The summed E-state index contributed by atoms with van der Waals surface area (Å²) < 4.78 is 5.57. The highest BCUT2D eigenvalue weighted by Gasteiger charge is 2.47. The van der Waals surface area contributed by atoms with Crippen molar-refractivity contribution in [1.82, 2.24) is 0 Å². The molecule has 1 saturated heterocycles. The first kappa shape index (κ1) is 22.0. The Morgan fingerprint density at radius 2 is 1.79 bits per heavy atom. The monoisotopic (exact) mass is 453 g/mol. The molecule has 5 heteroatoms. The molecule has 1 N–H and O–H groups in total. The predicted octanol–water partition coefficient (Wildman–Crippen LogP) is 5.68. The van der Waals surface area contributed by atoms with E-state index in [1.54, 1.807) is 12.1 Å². The fourth-order valence-electron chi connectivity index (χ4n) is 4.76. The summed E-state index contributed by atoms with van der Waals surface area (Å²) in [7, 11) is 0. The van der Waals surface area contributed by atoms with Crippen LogP contribution < -0.4 is 9.64 Å². The fourth-order valence-corrected chi connectivity index (χ4v) is 4.76. The van der Waals surface area contributed by atoms with E-state index in [2.05, 4.69) is 13.8 Å². The highest BCUT2D eigenvalue weighted by Crippen LogP contribution is 2.43. The highest BCUT2D eigenvalue weighted by atomic mass is 16.5. The first-order chi connectivity index (χ1) is 16.3. The summed E-state index contributed by atoms with van der Waals surface area (Å²) in [4.78, 5) is 28.2. The van der Waals surface area contributed by atoms with Crippen molar-refractivity contribution in [3.63, 3.8) is 0 Å². The Hall–Kier alpha value is -3.86. The summed E-state index contributed by atoms with van der Waals surface area (Å²) in [6.07, 6.45) is 0.744. The number of anilines is 1. The molecule has 2 aliphatic rings. The van der Waals surface area contributed by atoms with E-state index in [9.17, 15) is 14.7 Å². The third-order valence-corrected chi connectivity index (χ3v) is 6.60. The van der Waals surface area contributed by atoms with Gasteiger partial charge in [0.15, 0.2) is 0 Å². The molecular weight excluding hydrogens is 426 g/mol. The van der Waals surface area contributed by atoms with Crippen molar-refractivity contribution >= 4 is 23.1 Å². The van der Waals surface area contributed by atoms with Gasteiger partial charge in [-0.25, -0.2) is 0 Å². The molecule has 0 aliphatic carbocycles. The van der Waals surface area contributed by atoms with Crippen LogP contribution in [0.15, 0.2) is 72.3 Å². The molecule has 1 atom stereocenters. The smallest absolute Gasteiger partial charge is 0.300 e. The van der Waals surface area contributed by atoms with Gasteiger partial charge in [0, 0.05) is 17.7 Å². The second-order valence-electron chi connectivity index (χ2n) is 9.25. The Kier molecular flexibility index (Phi) is 5.48. The molecule has 0 aromatic heterocycles. The molecule has 0 spiro atoms. The third kappa shape index (κ3) is 3.67. The molecule has 1 amide bonds. The number of fused-ring (bicyclic) bond motifs is 1. The SMILES string of the molecule is Cc1cccc(C2/C(=C(/O)c3ccc4c(c3)CCO4)C(=O)C(=O)N2c2ccc(C(C)C)cc2)c1. The maximum absolute atomic E-state index is 13.3. The Balaban J connectivity index is 1.68. The number of aliphatic hydroxyl groups excluding tert-OH is 1. The molecule has 172 valence electrons. The van der Waals surface area contributed by atoms with E-state index >= 15 is 0 Å². The number of rotatable bonds is 4. The van der Waals surface area contributed by atoms with Crippen molar-refractivity contribution < 1.29 is 19.4 Å². The topological polar surface area (TPSA) is 66.8 Å². The first-order valence-electron chi connectivity index (χ1n) is 11.6. The lowest BCUT2D eigenvalue weighted by Crippen LogP contribution is -2.29. The number of ether oxygens (including phenoxy) is 1. The van der Waals surface area contributed by atoms with Crippen LogP contribution in [0.5, 0.6) is 5.75 Å². The van der Waals surface area contributed by atoms with Gasteiger partial charge in [-0.3, -0.25) is 14.5 Å². The zero-order chi connectivity index (χ0) is 24.0. The Morgan fingerprint density at radius 1 is 1.03 bits per heavy atom. The Labute approximate surface area is 199 Å². The van der Waals surface area contributed by atoms with Crippen molar-refractivity contribution in [3.05, 3.63) is 100 Å². The molecule has 3 aromatic rings. The maximum atomic E-state index is 13.3. The lowest BCUT2D eigenvalue weighted by atomic mass is 9.93. The number of carbonyl (C=O) groups is 2. The van der Waals surface area contributed by atoms with Crippen LogP contribution in [-0.2, 0) is 16.0 Å². The van der Waals surface area contributed by atoms with Gasteiger partial charge in [-0.05, 0) is 59.9 Å². The second kappa shape index (κ2) is 8.49. The van der Waals surface area contributed by atoms with Gasteiger partial charge in [0.05, 0.1) is 18.2 Å². The van der Waals surface area contributed by atoms with Crippen molar-refractivity contribution in [3.8, 4) is 5.75 Å². The van der Waals surface area contributed by atoms with Gasteiger partial charge in [-0.2, -0.15) is 0 Å². The molecule has 0 bridgehead atoms. The van der Waals surface area contributed by atoms with E-state index in [0.29, 0.717) is 23.8 Å². The zero-order valence-corrected chi connectivity index (χ0v) is 19.5. The van der Waals surface area contributed by atoms with Crippen LogP contribution in [0.3, 0.4) is 0 Å². The molecule has 34 heavy (non-hydrogen) atoms. The van der Waals surface area contributed by atoms with Crippen molar-refractivity contribution in [2.75, 3.05) is 11.5 Å². The van der Waals surface area contributed by atoms with Crippen LogP contribution in [-0.4, -0.2) is 23.4 Å². The summed E-state index contributed by atoms with van der Waals surface area (Å²) >= 11 is 0. The van der Waals surface area contributed by atoms with E-state index in [1.807, 2.05) is 61.5 Å². The number of carbonyl (C=O) groups excluding carboxylic acids is 2. The fraction of sp³-hybridized carbons (Fsp3) is 0.241. The van der Waals surface area contributed by atoms with Gasteiger partial charge in [0.2, 0.25) is 0 Å². The van der Waals surface area contributed by atoms with Crippen LogP contribution in [0.4, 0.5) is 5.69 Å². The summed E-state index contributed by atoms with van der Waals surface area (Å²) in [6.45, 7) is 6.78. The van der Waals surface area contributed by atoms with Crippen LogP contribution in [0, 0.1) is 6.92 Å². The standard InChI is InChI=1S/C29H27NO4/c1-17(2)19-7-10-23(11-8-19)30-26(21-6-4-5-18(3)15-21)25(28(32)29(30)33)27(31)22-9-12-24-20(16-22)13-14-34-24/h4-12,15-17,26,31H,13-14H2,1-3H3/b27-25-. The molecule has 0 radical (unpaired) electrons. The van der Waals surface area contributed by atoms with E-state index in [-0.39, 0.29) is 11.3 Å². The number of aliphatic hydroxyl groups is 1. The Bertz CT molecular complexity index is 1320. The minimum Gasteiger partial charge on any atom is -0.507 e. The molecule has 2 heterocycles. The van der Waals surface area contributed by atoms with E-state index in [4.69, 9.17) is 4.74 Å². The average Bonchev–Trinajstić information content (AvgIpc) is 3.40. The largest absolute Gasteiger partial charge is 0.507 e. The van der Waals surface area contributed by atoms with E-state index in [0.717, 1.165) is 34.4 Å². The normalized spacial score (nSPS) is 18.9. The van der Waals surface area contributed by atoms with Gasteiger partial charge in [-0.1, -0.05) is 55.8 Å². The van der Waals surface area contributed by atoms with Crippen molar-refractivity contribution in [1.29, 1.82) is 0 Å². The number of nitrogens with zero attached hydrogens (tertiary/aromatic N) is 1. The molecular formula is C29H27NO4. The molecule has 3 aromatic carbocycles. The highest BCUT2D eigenvalue weighted by molar-refractivity contribution is 6.51. The first-order valence-corrected chi connectivity index (χ1v) is 11.6. The van der Waals surface area contributed by atoms with Crippen molar-refractivity contribution in [2.45, 2.75) is 39.2 Å². The third-order valence-electron chi connectivity index (χ3n) is 6.60.